The summed E-state index contributed by atoms with van der Waals surface area (Å²) in [6.07, 6.45) is 3.26. The van der Waals surface area contributed by atoms with E-state index in [1.165, 1.54) is 0 Å². The smallest absolute Gasteiger partial charge is 0.253 e. The lowest BCUT2D eigenvalue weighted by atomic mass is 10.1. The third kappa shape index (κ3) is 3.74. The number of nitrogen functional groups attached to an aromatic ring is 1. The van der Waals surface area contributed by atoms with Gasteiger partial charge in [0, 0.05) is 17.3 Å². The zero-order valence-corrected chi connectivity index (χ0v) is 10.2. The van der Waals surface area contributed by atoms with Crippen LogP contribution in [-0.4, -0.2) is 12.5 Å². The molecule has 4 heteroatoms. The molecule has 0 bridgehead atoms. The molecule has 0 spiro atoms. The average molecular weight is 241 g/mol. The van der Waals surface area contributed by atoms with Gasteiger partial charge in [-0.3, -0.25) is 4.79 Å². The van der Waals surface area contributed by atoms with Crippen LogP contribution >= 0.6 is 11.6 Å². The summed E-state index contributed by atoms with van der Waals surface area (Å²) in [5.74, 6) is -0.134. The zero-order chi connectivity index (χ0) is 12.0. The number of amides is 1. The van der Waals surface area contributed by atoms with Crippen LogP contribution in [0.5, 0.6) is 0 Å². The molecule has 0 unspecified atom stereocenters. The maximum absolute atomic E-state index is 11.7. The minimum Gasteiger partial charge on any atom is -0.398 e. The Morgan fingerprint density at radius 1 is 1.44 bits per heavy atom. The number of unbranched alkanes of at least 4 members (excludes halogenated alkanes) is 2. The van der Waals surface area contributed by atoms with E-state index in [0.717, 1.165) is 19.3 Å². The van der Waals surface area contributed by atoms with Crippen LogP contribution in [0.15, 0.2) is 18.2 Å². The van der Waals surface area contributed by atoms with Crippen molar-refractivity contribution >= 4 is 23.2 Å². The second kappa shape index (κ2) is 6.38. The first kappa shape index (κ1) is 12.8. The van der Waals surface area contributed by atoms with Gasteiger partial charge in [0.05, 0.1) is 5.56 Å². The summed E-state index contributed by atoms with van der Waals surface area (Å²) < 4.78 is 0. The van der Waals surface area contributed by atoms with Gasteiger partial charge < -0.3 is 11.1 Å². The number of nitrogens with two attached hydrogens (primary N) is 1. The molecule has 3 N–H and O–H groups in total. The lowest BCUT2D eigenvalue weighted by Crippen LogP contribution is -2.25. The van der Waals surface area contributed by atoms with E-state index in [1.807, 2.05) is 0 Å². The SMILES string of the molecule is CCCCCNC(=O)c1ccc(Cl)cc1N. The lowest BCUT2D eigenvalue weighted by Gasteiger charge is -2.07. The molecule has 0 aliphatic rings. The summed E-state index contributed by atoms with van der Waals surface area (Å²) in [7, 11) is 0. The number of carbonyl (C=O) groups excluding carboxylic acids is 1. The molecule has 1 rings (SSSR count). The van der Waals surface area contributed by atoms with E-state index in [0.29, 0.717) is 22.8 Å². The van der Waals surface area contributed by atoms with Gasteiger partial charge in [0.15, 0.2) is 0 Å². The Balaban J connectivity index is 2.53. The van der Waals surface area contributed by atoms with Crippen LogP contribution < -0.4 is 11.1 Å². The summed E-state index contributed by atoms with van der Waals surface area (Å²) in [6, 6.07) is 4.90. The third-order valence-corrected chi connectivity index (χ3v) is 2.56. The van der Waals surface area contributed by atoms with Gasteiger partial charge in [0.25, 0.3) is 5.91 Å². The van der Waals surface area contributed by atoms with Crippen molar-refractivity contribution in [2.75, 3.05) is 12.3 Å². The molecule has 0 saturated heterocycles. The van der Waals surface area contributed by atoms with Crippen LogP contribution in [0.25, 0.3) is 0 Å². The Hall–Kier alpha value is -1.22. The number of carbonyl (C=O) groups is 1. The van der Waals surface area contributed by atoms with Gasteiger partial charge in [-0.2, -0.15) is 0 Å². The minimum absolute atomic E-state index is 0.134. The van der Waals surface area contributed by atoms with Crippen molar-refractivity contribution in [2.45, 2.75) is 26.2 Å². The van der Waals surface area contributed by atoms with Crippen molar-refractivity contribution in [1.82, 2.24) is 5.32 Å². The van der Waals surface area contributed by atoms with Crippen molar-refractivity contribution in [3.05, 3.63) is 28.8 Å². The number of hydrogen-bond acceptors (Lipinski definition) is 2. The van der Waals surface area contributed by atoms with E-state index in [2.05, 4.69) is 12.2 Å². The molecule has 88 valence electrons. The van der Waals surface area contributed by atoms with E-state index in [4.69, 9.17) is 17.3 Å². The summed E-state index contributed by atoms with van der Waals surface area (Å²) in [4.78, 5) is 11.7. The molecule has 0 radical (unpaired) electrons. The highest BCUT2D eigenvalue weighted by Gasteiger charge is 2.08. The normalized spacial score (nSPS) is 10.1. The minimum atomic E-state index is -0.134. The Kier molecular flexibility index (Phi) is 5.12. The predicted octanol–water partition coefficient (Wildman–Crippen LogP) is 2.84. The number of halogens is 1. The standard InChI is InChI=1S/C12H17ClN2O/c1-2-3-4-7-15-12(16)10-6-5-9(13)8-11(10)14/h5-6,8H,2-4,7,14H2,1H3,(H,15,16). The van der Waals surface area contributed by atoms with E-state index in [1.54, 1.807) is 18.2 Å². The zero-order valence-electron chi connectivity index (χ0n) is 9.42. The molecular formula is C12H17ClN2O. The molecule has 3 nitrogen and oxygen atoms in total. The highest BCUT2D eigenvalue weighted by atomic mass is 35.5. The van der Waals surface area contributed by atoms with Crippen molar-refractivity contribution in [3.63, 3.8) is 0 Å². The summed E-state index contributed by atoms with van der Waals surface area (Å²) in [5, 5.41) is 3.37. The quantitative estimate of drug-likeness (QED) is 0.614. The molecule has 0 fully saturated rings. The average Bonchev–Trinajstić information content (AvgIpc) is 2.24. The van der Waals surface area contributed by atoms with Crippen LogP contribution in [0.2, 0.25) is 5.02 Å². The fourth-order valence-corrected chi connectivity index (χ4v) is 1.59. The van der Waals surface area contributed by atoms with Crippen molar-refractivity contribution in [2.24, 2.45) is 0 Å². The summed E-state index contributed by atoms with van der Waals surface area (Å²) in [6.45, 7) is 2.81. The Morgan fingerprint density at radius 3 is 2.81 bits per heavy atom. The summed E-state index contributed by atoms with van der Waals surface area (Å²) >= 11 is 5.76. The topological polar surface area (TPSA) is 55.1 Å². The molecule has 0 saturated carbocycles. The van der Waals surface area contributed by atoms with Crippen LogP contribution in [0.1, 0.15) is 36.5 Å². The first-order valence-corrected chi connectivity index (χ1v) is 5.86. The monoisotopic (exact) mass is 240 g/mol. The van der Waals surface area contributed by atoms with E-state index in [9.17, 15) is 4.79 Å². The molecule has 0 aliphatic heterocycles. The first-order valence-electron chi connectivity index (χ1n) is 5.48. The van der Waals surface area contributed by atoms with Gasteiger partial charge in [-0.25, -0.2) is 0 Å². The maximum Gasteiger partial charge on any atom is 0.253 e. The maximum atomic E-state index is 11.7. The number of rotatable bonds is 5. The van der Waals surface area contributed by atoms with E-state index >= 15 is 0 Å². The van der Waals surface area contributed by atoms with Gasteiger partial charge in [-0.1, -0.05) is 31.4 Å². The van der Waals surface area contributed by atoms with Crippen LogP contribution in [0.4, 0.5) is 5.69 Å². The number of nitrogens with one attached hydrogen (secondary N) is 1. The first-order chi connectivity index (χ1) is 7.65. The highest BCUT2D eigenvalue weighted by molar-refractivity contribution is 6.31. The van der Waals surface area contributed by atoms with E-state index < -0.39 is 0 Å². The fraction of sp³-hybridized carbons (Fsp3) is 0.417. The number of hydrogen-bond donors (Lipinski definition) is 2. The Morgan fingerprint density at radius 2 is 2.19 bits per heavy atom. The molecule has 0 aliphatic carbocycles. The molecule has 1 aromatic rings. The second-order valence-corrected chi connectivity index (χ2v) is 4.13. The lowest BCUT2D eigenvalue weighted by molar-refractivity contribution is 0.0954. The molecule has 0 atom stereocenters. The largest absolute Gasteiger partial charge is 0.398 e. The molecule has 0 aromatic heterocycles. The third-order valence-electron chi connectivity index (χ3n) is 2.32. The van der Waals surface area contributed by atoms with Crippen molar-refractivity contribution in [3.8, 4) is 0 Å². The highest BCUT2D eigenvalue weighted by Crippen LogP contribution is 2.17. The molecule has 1 aromatic carbocycles. The molecule has 0 heterocycles. The fourth-order valence-electron chi connectivity index (χ4n) is 1.41. The number of anilines is 1. The molecule has 16 heavy (non-hydrogen) atoms. The van der Waals surface area contributed by atoms with Crippen molar-refractivity contribution < 1.29 is 4.79 Å². The van der Waals surface area contributed by atoms with Gasteiger partial charge in [-0.15, -0.1) is 0 Å². The van der Waals surface area contributed by atoms with Gasteiger partial charge >= 0.3 is 0 Å². The van der Waals surface area contributed by atoms with Crippen LogP contribution in [0, 0.1) is 0 Å². The van der Waals surface area contributed by atoms with Crippen LogP contribution in [0.3, 0.4) is 0 Å². The molecule has 1 amide bonds. The molecular weight excluding hydrogens is 224 g/mol. The summed E-state index contributed by atoms with van der Waals surface area (Å²) in [5.41, 5.74) is 6.61. The predicted molar refractivity (Wildman–Crippen MR) is 67.7 cm³/mol. The number of benzene rings is 1. The van der Waals surface area contributed by atoms with E-state index in [-0.39, 0.29) is 5.91 Å². The Labute approximate surface area is 101 Å². The van der Waals surface area contributed by atoms with Crippen LogP contribution in [-0.2, 0) is 0 Å². The van der Waals surface area contributed by atoms with Gasteiger partial charge in [0.1, 0.15) is 0 Å². The second-order valence-electron chi connectivity index (χ2n) is 3.69. The van der Waals surface area contributed by atoms with Gasteiger partial charge in [-0.05, 0) is 24.6 Å². The van der Waals surface area contributed by atoms with Crippen molar-refractivity contribution in [1.29, 1.82) is 0 Å². The van der Waals surface area contributed by atoms with Gasteiger partial charge in [0.2, 0.25) is 0 Å². The Bertz CT molecular complexity index is 366.